The molecule has 0 aliphatic carbocycles. The fourth-order valence-corrected chi connectivity index (χ4v) is 5.32. The van der Waals surface area contributed by atoms with E-state index in [0.29, 0.717) is 43.3 Å². The Kier molecular flexibility index (Phi) is 4.98. The fraction of sp³-hybridized carbons (Fsp3) is 0.688. The first-order valence-corrected chi connectivity index (χ1v) is 9.93. The molecule has 0 atom stereocenters. The van der Waals surface area contributed by atoms with Crippen molar-refractivity contribution >= 4 is 15.9 Å². The second kappa shape index (κ2) is 6.85. The summed E-state index contributed by atoms with van der Waals surface area (Å²) in [5, 5.41) is 0. The molecule has 1 amide bonds. The third kappa shape index (κ3) is 3.10. The molecule has 0 radical (unpaired) electrons. The monoisotopic (exact) mass is 355 g/mol. The molecule has 2 aliphatic heterocycles. The van der Waals surface area contributed by atoms with E-state index in [1.165, 1.54) is 4.31 Å². The van der Waals surface area contributed by atoms with Gasteiger partial charge in [0.25, 0.3) is 5.91 Å². The van der Waals surface area contributed by atoms with Crippen molar-refractivity contribution in [2.24, 2.45) is 0 Å². The van der Waals surface area contributed by atoms with Crippen molar-refractivity contribution in [3.8, 4) is 0 Å². The number of morpholine rings is 1. The number of aryl methyl sites for hydroxylation is 1. The maximum atomic E-state index is 13.0. The number of likely N-dealkylation sites (tertiary alicyclic amines) is 1. The van der Waals surface area contributed by atoms with Crippen molar-refractivity contribution in [3.63, 3.8) is 0 Å². The minimum Gasteiger partial charge on any atom is -0.379 e. The summed E-state index contributed by atoms with van der Waals surface area (Å²) in [6.45, 7) is 6.41. The van der Waals surface area contributed by atoms with Gasteiger partial charge in [0.05, 0.1) is 13.2 Å². The lowest BCUT2D eigenvalue weighted by atomic mass is 10.1. The van der Waals surface area contributed by atoms with E-state index in [2.05, 4.69) is 4.98 Å². The van der Waals surface area contributed by atoms with Crippen LogP contribution in [0.5, 0.6) is 0 Å². The predicted molar refractivity (Wildman–Crippen MR) is 89.6 cm³/mol. The zero-order valence-corrected chi connectivity index (χ0v) is 15.1. The van der Waals surface area contributed by atoms with Crippen LogP contribution in [0.15, 0.2) is 4.90 Å². The van der Waals surface area contributed by atoms with Gasteiger partial charge in [-0.3, -0.25) is 4.79 Å². The molecule has 0 aromatic carbocycles. The van der Waals surface area contributed by atoms with Crippen LogP contribution in [0.3, 0.4) is 0 Å². The van der Waals surface area contributed by atoms with Crippen molar-refractivity contribution in [1.82, 2.24) is 14.2 Å². The Morgan fingerprint density at radius 3 is 2.29 bits per heavy atom. The van der Waals surface area contributed by atoms with Gasteiger partial charge in [0.15, 0.2) is 0 Å². The van der Waals surface area contributed by atoms with Crippen LogP contribution < -0.4 is 0 Å². The molecule has 2 saturated heterocycles. The molecule has 2 fully saturated rings. The smallest absolute Gasteiger partial charge is 0.270 e. The van der Waals surface area contributed by atoms with Gasteiger partial charge >= 0.3 is 0 Å². The number of nitrogens with zero attached hydrogens (tertiary/aromatic N) is 2. The number of amides is 1. The van der Waals surface area contributed by atoms with Crippen LogP contribution in [0.25, 0.3) is 0 Å². The number of nitrogens with one attached hydrogen (secondary N) is 1. The van der Waals surface area contributed by atoms with Crippen molar-refractivity contribution in [1.29, 1.82) is 0 Å². The van der Waals surface area contributed by atoms with Crippen molar-refractivity contribution in [2.75, 3.05) is 39.4 Å². The lowest BCUT2D eigenvalue weighted by Crippen LogP contribution is -2.41. The Morgan fingerprint density at radius 1 is 1.04 bits per heavy atom. The Bertz CT molecular complexity index is 714. The summed E-state index contributed by atoms with van der Waals surface area (Å²) in [6.07, 6.45) is 3.15. The molecule has 3 rings (SSSR count). The molecule has 7 nitrogen and oxygen atoms in total. The highest BCUT2D eigenvalue weighted by molar-refractivity contribution is 7.89. The van der Waals surface area contributed by atoms with Crippen LogP contribution in [-0.2, 0) is 14.8 Å². The largest absolute Gasteiger partial charge is 0.379 e. The van der Waals surface area contributed by atoms with E-state index in [-0.39, 0.29) is 10.8 Å². The molecule has 0 unspecified atom stereocenters. The molecule has 134 valence electrons. The summed E-state index contributed by atoms with van der Waals surface area (Å²) in [5.74, 6) is -0.0984. The first-order chi connectivity index (χ1) is 11.4. The summed E-state index contributed by atoms with van der Waals surface area (Å²) < 4.78 is 32.6. The molecule has 1 N–H and O–H groups in total. The summed E-state index contributed by atoms with van der Waals surface area (Å²) in [5.41, 5.74) is 1.45. The Balaban J connectivity index is 1.92. The fourth-order valence-electron chi connectivity index (χ4n) is 3.50. The third-order valence-corrected chi connectivity index (χ3v) is 6.97. The van der Waals surface area contributed by atoms with Gasteiger partial charge < -0.3 is 14.6 Å². The molecule has 8 heteroatoms. The van der Waals surface area contributed by atoms with Crippen LogP contribution >= 0.6 is 0 Å². The molecule has 24 heavy (non-hydrogen) atoms. The number of rotatable bonds is 3. The highest BCUT2D eigenvalue weighted by Crippen LogP contribution is 2.28. The second-order valence-corrected chi connectivity index (χ2v) is 8.32. The summed E-state index contributed by atoms with van der Waals surface area (Å²) in [4.78, 5) is 17.8. The number of sulfonamides is 1. The normalized spacial score (nSPS) is 20.3. The highest BCUT2D eigenvalue weighted by atomic mass is 32.2. The molecule has 1 aromatic rings. The van der Waals surface area contributed by atoms with Crippen LogP contribution in [0, 0.1) is 13.8 Å². The number of carbonyl (C=O) groups excluding carboxylic acids is 1. The van der Waals surface area contributed by atoms with Gasteiger partial charge in [-0.2, -0.15) is 4.31 Å². The van der Waals surface area contributed by atoms with E-state index in [4.69, 9.17) is 4.74 Å². The number of carbonyl (C=O) groups is 1. The van der Waals surface area contributed by atoms with Gasteiger partial charge in [-0.1, -0.05) is 0 Å². The summed E-state index contributed by atoms with van der Waals surface area (Å²) in [6, 6.07) is 0. The van der Waals surface area contributed by atoms with Crippen molar-refractivity contribution in [2.45, 2.75) is 38.0 Å². The minimum absolute atomic E-state index is 0.0984. The average molecular weight is 355 g/mol. The lowest BCUT2D eigenvalue weighted by Gasteiger charge is -2.27. The molecule has 2 aliphatic rings. The van der Waals surface area contributed by atoms with E-state index < -0.39 is 10.0 Å². The summed E-state index contributed by atoms with van der Waals surface area (Å²) >= 11 is 0. The van der Waals surface area contributed by atoms with Crippen LogP contribution in [0.1, 0.15) is 41.0 Å². The maximum Gasteiger partial charge on any atom is 0.270 e. The zero-order chi connectivity index (χ0) is 17.3. The van der Waals surface area contributed by atoms with Gasteiger partial charge in [-0.05, 0) is 38.7 Å². The molecule has 3 heterocycles. The quantitative estimate of drug-likeness (QED) is 0.885. The third-order valence-electron chi connectivity index (χ3n) is 4.79. The first kappa shape index (κ1) is 17.4. The number of aromatic amines is 1. The molecule has 1 aromatic heterocycles. The van der Waals surface area contributed by atoms with Gasteiger partial charge in [0.2, 0.25) is 10.0 Å². The SMILES string of the molecule is Cc1[nH]c(C(=O)N2CCCCC2)c(C)c1S(=O)(=O)N1CCOCC1. The second-order valence-electron chi connectivity index (χ2n) is 6.45. The lowest BCUT2D eigenvalue weighted by molar-refractivity contribution is 0.0717. The Morgan fingerprint density at radius 2 is 1.67 bits per heavy atom. The first-order valence-electron chi connectivity index (χ1n) is 8.49. The van der Waals surface area contributed by atoms with Crippen LogP contribution in [0.2, 0.25) is 0 Å². The standard InChI is InChI=1S/C16H25N3O4S/c1-12-14(16(20)18-6-4-3-5-7-18)17-13(2)15(12)24(21,22)19-8-10-23-11-9-19/h17H,3-11H2,1-2H3. The zero-order valence-electron chi connectivity index (χ0n) is 14.3. The van der Waals surface area contributed by atoms with Gasteiger partial charge in [0, 0.05) is 31.9 Å². The van der Waals surface area contributed by atoms with Crippen molar-refractivity contribution in [3.05, 3.63) is 17.0 Å². The van der Waals surface area contributed by atoms with E-state index in [9.17, 15) is 13.2 Å². The average Bonchev–Trinajstić information content (AvgIpc) is 2.91. The molecule has 0 bridgehead atoms. The van der Waals surface area contributed by atoms with Crippen LogP contribution in [-0.4, -0.2) is 67.9 Å². The van der Waals surface area contributed by atoms with Crippen molar-refractivity contribution < 1.29 is 17.9 Å². The number of hydrogen-bond acceptors (Lipinski definition) is 4. The van der Waals surface area contributed by atoms with Crippen LogP contribution in [0.4, 0.5) is 0 Å². The van der Waals surface area contributed by atoms with Gasteiger partial charge in [0.1, 0.15) is 10.6 Å². The highest BCUT2D eigenvalue weighted by Gasteiger charge is 2.33. The Hall–Kier alpha value is -1.38. The molecule has 0 saturated carbocycles. The molecule has 0 spiro atoms. The topological polar surface area (TPSA) is 82.7 Å². The minimum atomic E-state index is -3.62. The van der Waals surface area contributed by atoms with E-state index in [1.54, 1.807) is 13.8 Å². The van der Waals surface area contributed by atoms with Gasteiger partial charge in [-0.25, -0.2) is 8.42 Å². The number of piperidine rings is 1. The molecular formula is C16H25N3O4S. The van der Waals surface area contributed by atoms with Gasteiger partial charge in [-0.15, -0.1) is 0 Å². The number of aromatic nitrogens is 1. The van der Waals surface area contributed by atoms with E-state index in [1.807, 2.05) is 4.90 Å². The predicted octanol–water partition coefficient (Wildman–Crippen LogP) is 1.28. The van der Waals surface area contributed by atoms with E-state index in [0.717, 1.165) is 32.4 Å². The van der Waals surface area contributed by atoms with E-state index >= 15 is 0 Å². The molecular weight excluding hydrogens is 330 g/mol. The number of ether oxygens (including phenoxy) is 1. The number of hydrogen-bond donors (Lipinski definition) is 1. The maximum absolute atomic E-state index is 13.0. The summed E-state index contributed by atoms with van der Waals surface area (Å²) in [7, 11) is -3.62. The Labute approximate surface area is 143 Å². The number of H-pyrrole nitrogens is 1.